The molecule has 0 radical (unpaired) electrons. The van der Waals surface area contributed by atoms with Crippen LogP contribution in [0.4, 0.5) is 0 Å². The van der Waals surface area contributed by atoms with Crippen LogP contribution in [0.5, 0.6) is 0 Å². The van der Waals surface area contributed by atoms with Gasteiger partial charge in [-0.05, 0) is 107 Å². The van der Waals surface area contributed by atoms with Crippen molar-refractivity contribution >= 4 is 28.3 Å². The molecule has 0 spiro atoms. The van der Waals surface area contributed by atoms with Crippen molar-refractivity contribution in [2.75, 3.05) is 0 Å². The van der Waals surface area contributed by atoms with Crippen LogP contribution in [0.15, 0.2) is 48.0 Å². The predicted molar refractivity (Wildman–Crippen MR) is 151 cm³/mol. The molecular formula is C33H41NO5. The summed E-state index contributed by atoms with van der Waals surface area (Å²) >= 11 is 0. The Labute approximate surface area is 230 Å². The van der Waals surface area contributed by atoms with Crippen LogP contribution in [0.3, 0.4) is 0 Å². The van der Waals surface area contributed by atoms with E-state index in [1.807, 2.05) is 42.5 Å². The molecule has 0 aromatic heterocycles. The van der Waals surface area contributed by atoms with Crippen molar-refractivity contribution in [1.29, 1.82) is 0 Å². The number of nitrogens with two attached hydrogens (primary N) is 1. The minimum Gasteiger partial charge on any atom is -0.478 e. The summed E-state index contributed by atoms with van der Waals surface area (Å²) in [5, 5.41) is 23.2. The third-order valence-electron chi connectivity index (χ3n) is 11.5. The fourth-order valence-electron chi connectivity index (χ4n) is 9.74. The Kier molecular flexibility index (Phi) is 6.42. The maximum absolute atomic E-state index is 13.0. The number of carboxylic acids is 1. The fraction of sp³-hybridized carbons (Fsp3) is 0.576. The van der Waals surface area contributed by atoms with E-state index in [1.54, 1.807) is 0 Å². The Balaban J connectivity index is 1.46. The number of fused-ring (bicyclic) bond motifs is 6. The molecule has 9 atom stereocenters. The third-order valence-corrected chi connectivity index (χ3v) is 11.5. The number of carbonyl (C=O) groups excluding carboxylic acids is 1. The van der Waals surface area contributed by atoms with Gasteiger partial charge < -0.3 is 20.7 Å². The van der Waals surface area contributed by atoms with Gasteiger partial charge in [0.05, 0.1) is 11.7 Å². The van der Waals surface area contributed by atoms with Crippen LogP contribution < -0.4 is 5.73 Å². The highest BCUT2D eigenvalue weighted by atomic mass is 16.5. The first-order chi connectivity index (χ1) is 18.5. The first kappa shape index (κ1) is 26.5. The molecule has 39 heavy (non-hydrogen) atoms. The molecule has 0 saturated heterocycles. The summed E-state index contributed by atoms with van der Waals surface area (Å²) in [6, 6.07) is 13.6. The molecule has 6 rings (SSSR count). The number of aliphatic carboxylic acids is 1. The number of carbonyl (C=O) groups is 2. The van der Waals surface area contributed by atoms with Gasteiger partial charge in [-0.3, -0.25) is 4.79 Å². The van der Waals surface area contributed by atoms with E-state index in [9.17, 15) is 19.8 Å². The van der Waals surface area contributed by atoms with E-state index in [2.05, 4.69) is 13.8 Å². The number of ether oxygens (including phenoxy) is 1. The summed E-state index contributed by atoms with van der Waals surface area (Å²) < 4.78 is 5.95. The monoisotopic (exact) mass is 531 g/mol. The lowest BCUT2D eigenvalue weighted by atomic mass is 9.43. The summed E-state index contributed by atoms with van der Waals surface area (Å²) in [6.07, 6.45) is 5.25. The predicted octanol–water partition coefficient (Wildman–Crippen LogP) is 5.56. The van der Waals surface area contributed by atoms with E-state index in [-0.39, 0.29) is 28.8 Å². The Morgan fingerprint density at radius 2 is 1.59 bits per heavy atom. The molecule has 0 heterocycles. The first-order valence-electron chi connectivity index (χ1n) is 14.6. The van der Waals surface area contributed by atoms with Crippen LogP contribution in [-0.2, 0) is 14.3 Å². The van der Waals surface area contributed by atoms with Crippen molar-refractivity contribution in [3.63, 3.8) is 0 Å². The third kappa shape index (κ3) is 4.05. The molecule has 6 heteroatoms. The molecule has 208 valence electrons. The maximum Gasteiger partial charge on any atom is 0.336 e. The summed E-state index contributed by atoms with van der Waals surface area (Å²) in [4.78, 5) is 25.3. The van der Waals surface area contributed by atoms with Crippen LogP contribution in [0.2, 0.25) is 0 Å². The summed E-state index contributed by atoms with van der Waals surface area (Å²) in [7, 11) is 0. The molecule has 2 aromatic carbocycles. The zero-order valence-corrected chi connectivity index (χ0v) is 23.2. The Morgan fingerprint density at radius 3 is 2.31 bits per heavy atom. The van der Waals surface area contributed by atoms with Gasteiger partial charge >= 0.3 is 11.9 Å². The quantitative estimate of drug-likeness (QED) is 0.353. The normalized spacial score (nSPS) is 40.8. The van der Waals surface area contributed by atoms with E-state index < -0.39 is 18.2 Å². The number of rotatable bonds is 3. The lowest BCUT2D eigenvalue weighted by Gasteiger charge is -2.62. The first-order valence-corrected chi connectivity index (χ1v) is 14.6. The van der Waals surface area contributed by atoms with Gasteiger partial charge in [-0.2, -0.15) is 0 Å². The molecule has 6 nitrogen and oxygen atoms in total. The van der Waals surface area contributed by atoms with Gasteiger partial charge in [-0.15, -0.1) is 0 Å². The molecule has 0 bridgehead atoms. The van der Waals surface area contributed by atoms with Gasteiger partial charge in [0.25, 0.3) is 0 Å². The fourth-order valence-corrected chi connectivity index (χ4v) is 9.74. The Morgan fingerprint density at radius 1 is 0.923 bits per heavy atom. The average molecular weight is 532 g/mol. The molecule has 0 amide bonds. The largest absolute Gasteiger partial charge is 0.478 e. The number of carboxylic acid groups (broad SMARTS) is 1. The van der Waals surface area contributed by atoms with Crippen LogP contribution in [0.1, 0.15) is 71.3 Å². The van der Waals surface area contributed by atoms with Crippen molar-refractivity contribution in [3.05, 3.63) is 53.6 Å². The second-order valence-corrected chi connectivity index (χ2v) is 13.2. The molecule has 4 fully saturated rings. The highest BCUT2D eigenvalue weighted by Gasteiger charge is 2.63. The average Bonchev–Trinajstić information content (AvgIpc) is 3.17. The molecule has 1 unspecified atom stereocenters. The van der Waals surface area contributed by atoms with Gasteiger partial charge in [0.1, 0.15) is 6.10 Å². The van der Waals surface area contributed by atoms with Crippen molar-refractivity contribution in [2.24, 2.45) is 40.2 Å². The molecule has 4 N–H and O–H groups in total. The second-order valence-electron chi connectivity index (χ2n) is 13.2. The van der Waals surface area contributed by atoms with Gasteiger partial charge in [-0.25, -0.2) is 4.79 Å². The lowest BCUT2D eigenvalue weighted by molar-refractivity contribution is -0.148. The molecule has 4 saturated carbocycles. The highest BCUT2D eigenvalue weighted by molar-refractivity contribution is 6.17. The van der Waals surface area contributed by atoms with Crippen molar-refractivity contribution in [3.8, 4) is 0 Å². The van der Waals surface area contributed by atoms with Gasteiger partial charge in [-0.1, -0.05) is 50.2 Å². The van der Waals surface area contributed by atoms with Crippen LogP contribution in [-0.4, -0.2) is 40.4 Å². The molecule has 4 aliphatic carbocycles. The number of benzene rings is 2. The zero-order chi connectivity index (χ0) is 27.7. The number of hydrogen-bond acceptors (Lipinski definition) is 5. The zero-order valence-electron chi connectivity index (χ0n) is 23.2. The van der Waals surface area contributed by atoms with Crippen LogP contribution in [0.25, 0.3) is 16.3 Å². The standard InChI is InChI=1S/C33H41NO5/c1-18(35)39-27-17-33(3)23-11-13-25-30(34)26(36)14-15-32(25,2)22(23)10-12-24(33)29(27)28(31(37)38)21-9-8-19-6-4-5-7-20(19)16-21/h4-9,16,22-27,30,36H,10-15,17,34H2,1-3H3,(H,37,38)/b29-28-/t22-,23?,24+,25+,26-,27+,30+,32-,33-/m1/s1. The maximum atomic E-state index is 13.0. The number of aliphatic hydroxyl groups is 1. The summed E-state index contributed by atoms with van der Waals surface area (Å²) in [5.41, 5.74) is 8.21. The van der Waals surface area contributed by atoms with E-state index in [0.29, 0.717) is 35.3 Å². The second kappa shape index (κ2) is 9.45. The van der Waals surface area contributed by atoms with Gasteiger partial charge in [0, 0.05) is 13.0 Å². The Bertz CT molecular complexity index is 1350. The van der Waals surface area contributed by atoms with E-state index in [1.165, 1.54) is 6.92 Å². The van der Waals surface area contributed by atoms with Crippen LogP contribution in [0, 0.1) is 34.5 Å². The Hall–Kier alpha value is -2.70. The minimum atomic E-state index is -0.966. The minimum absolute atomic E-state index is 0.0312. The molecule has 4 aliphatic rings. The van der Waals surface area contributed by atoms with Gasteiger partial charge in [0.15, 0.2) is 0 Å². The number of aliphatic hydroxyl groups excluding tert-OH is 1. The van der Waals surface area contributed by atoms with Crippen molar-refractivity contribution < 1.29 is 24.5 Å². The van der Waals surface area contributed by atoms with E-state index >= 15 is 0 Å². The van der Waals surface area contributed by atoms with Crippen molar-refractivity contribution in [1.82, 2.24) is 0 Å². The SMILES string of the molecule is CC(=O)O[C@H]1C[C@]2(C)C3CC[C@H]4[C@H](N)[C@H](O)CC[C@]4(C)[C@@H]3CC[C@H]2/C1=C(/C(=O)O)c1ccc2ccccc2c1. The van der Waals surface area contributed by atoms with Crippen LogP contribution >= 0.6 is 0 Å². The topological polar surface area (TPSA) is 110 Å². The number of esters is 1. The van der Waals surface area contributed by atoms with Gasteiger partial charge in [0.2, 0.25) is 0 Å². The molecule has 0 aliphatic heterocycles. The number of hydrogen-bond donors (Lipinski definition) is 3. The molecule has 2 aromatic rings. The molecular weight excluding hydrogens is 490 g/mol. The van der Waals surface area contributed by atoms with Crippen molar-refractivity contribution in [2.45, 2.75) is 84.0 Å². The van der Waals surface area contributed by atoms with E-state index in [0.717, 1.165) is 54.9 Å². The summed E-state index contributed by atoms with van der Waals surface area (Å²) in [6.45, 7) is 6.12. The van der Waals surface area contributed by atoms with E-state index in [4.69, 9.17) is 10.5 Å². The highest BCUT2D eigenvalue weighted by Crippen LogP contribution is 2.69. The lowest BCUT2D eigenvalue weighted by Crippen LogP contribution is -2.61. The summed E-state index contributed by atoms with van der Waals surface area (Å²) in [5.74, 6) is -0.155. The smallest absolute Gasteiger partial charge is 0.336 e.